The second-order valence-electron chi connectivity index (χ2n) is 5.03. The Labute approximate surface area is 148 Å². The average Bonchev–Trinajstić information content (AvgIpc) is 2.74. The quantitative estimate of drug-likeness (QED) is 0.643. The molecule has 1 aromatic heterocycles. The zero-order valence-corrected chi connectivity index (χ0v) is 16.4. The van der Waals surface area contributed by atoms with Crippen LogP contribution in [0.4, 0.5) is 0 Å². The number of aromatic nitrogens is 2. The van der Waals surface area contributed by atoms with Crippen molar-refractivity contribution in [3.05, 3.63) is 49.3 Å². The summed E-state index contributed by atoms with van der Waals surface area (Å²) in [5, 5.41) is 8.19. The highest BCUT2D eigenvalue weighted by Crippen LogP contribution is 2.27. The lowest BCUT2D eigenvalue weighted by molar-refractivity contribution is 0.515. The summed E-state index contributed by atoms with van der Waals surface area (Å²) in [5.74, 6) is 0. The normalized spacial score (nSPS) is 12.6. The van der Waals surface area contributed by atoms with Gasteiger partial charge in [0.25, 0.3) is 0 Å². The van der Waals surface area contributed by atoms with Crippen molar-refractivity contribution in [3.8, 4) is 0 Å². The van der Waals surface area contributed by atoms with E-state index in [9.17, 15) is 0 Å². The number of hydrogen-bond acceptors (Lipinski definition) is 2. The fourth-order valence-electron chi connectivity index (χ4n) is 2.53. The maximum Gasteiger partial charge on any atom is 0.0738 e. The number of likely N-dealkylation sites (N-methyl/N-ethyl adjacent to an activating group) is 1. The van der Waals surface area contributed by atoms with Crippen molar-refractivity contribution in [3.63, 3.8) is 0 Å². The molecule has 2 rings (SSSR count). The number of hydrogen-bond donors (Lipinski definition) is 1. The van der Waals surface area contributed by atoms with Gasteiger partial charge in [-0.1, -0.05) is 19.1 Å². The topological polar surface area (TPSA) is 29.9 Å². The number of aryl methyl sites for hydroxylation is 2. The highest BCUT2D eigenvalue weighted by Gasteiger charge is 2.18. The largest absolute Gasteiger partial charge is 0.310 e. The molecule has 114 valence electrons. The molecule has 0 radical (unpaired) electrons. The SMILES string of the molecule is CCNC(Cc1c(Br)c(C)nn1CC)c1cccc(I)c1. The first-order valence-electron chi connectivity index (χ1n) is 7.27. The maximum absolute atomic E-state index is 4.59. The van der Waals surface area contributed by atoms with Crippen molar-refractivity contribution in [1.29, 1.82) is 0 Å². The van der Waals surface area contributed by atoms with Gasteiger partial charge in [0.1, 0.15) is 0 Å². The Balaban J connectivity index is 2.32. The number of halogens is 2. The molecule has 0 aliphatic heterocycles. The number of nitrogens with one attached hydrogen (secondary N) is 1. The smallest absolute Gasteiger partial charge is 0.0738 e. The summed E-state index contributed by atoms with van der Waals surface area (Å²) >= 11 is 6.06. The van der Waals surface area contributed by atoms with Crippen molar-refractivity contribution < 1.29 is 0 Å². The van der Waals surface area contributed by atoms with Crippen LogP contribution in [-0.4, -0.2) is 16.3 Å². The molecule has 1 atom stereocenters. The molecule has 3 nitrogen and oxygen atoms in total. The summed E-state index contributed by atoms with van der Waals surface area (Å²) in [7, 11) is 0. The van der Waals surface area contributed by atoms with Crippen LogP contribution in [0, 0.1) is 10.5 Å². The lowest BCUT2D eigenvalue weighted by atomic mass is 10.0. The van der Waals surface area contributed by atoms with E-state index in [4.69, 9.17) is 0 Å². The predicted molar refractivity (Wildman–Crippen MR) is 99.6 cm³/mol. The maximum atomic E-state index is 4.59. The van der Waals surface area contributed by atoms with Gasteiger partial charge in [0.2, 0.25) is 0 Å². The second-order valence-corrected chi connectivity index (χ2v) is 7.07. The first-order valence-corrected chi connectivity index (χ1v) is 9.14. The summed E-state index contributed by atoms with van der Waals surface area (Å²) in [6, 6.07) is 9.01. The van der Waals surface area contributed by atoms with Crippen molar-refractivity contribution in [2.45, 2.75) is 39.8 Å². The molecular weight excluding hydrogens is 441 g/mol. The van der Waals surface area contributed by atoms with Gasteiger partial charge in [-0.05, 0) is 76.6 Å². The van der Waals surface area contributed by atoms with Gasteiger partial charge in [-0.2, -0.15) is 5.10 Å². The number of nitrogens with zero attached hydrogens (tertiary/aromatic N) is 2. The average molecular weight is 462 g/mol. The molecule has 1 N–H and O–H groups in total. The first-order chi connectivity index (χ1) is 10.1. The van der Waals surface area contributed by atoms with Crippen LogP contribution in [-0.2, 0) is 13.0 Å². The molecule has 0 aliphatic rings. The fourth-order valence-corrected chi connectivity index (χ4v) is 3.55. The van der Waals surface area contributed by atoms with Crippen molar-refractivity contribution in [1.82, 2.24) is 15.1 Å². The molecule has 0 saturated carbocycles. The zero-order chi connectivity index (χ0) is 15.4. The van der Waals surface area contributed by atoms with Crippen LogP contribution >= 0.6 is 38.5 Å². The lowest BCUT2D eigenvalue weighted by Crippen LogP contribution is -2.24. The van der Waals surface area contributed by atoms with Gasteiger partial charge in [-0.3, -0.25) is 4.68 Å². The van der Waals surface area contributed by atoms with Crippen LogP contribution in [0.5, 0.6) is 0 Å². The molecule has 0 aliphatic carbocycles. The summed E-state index contributed by atoms with van der Waals surface area (Å²) in [5.41, 5.74) is 3.65. The van der Waals surface area contributed by atoms with Gasteiger partial charge in [-0.15, -0.1) is 0 Å². The molecule has 0 saturated heterocycles. The zero-order valence-electron chi connectivity index (χ0n) is 12.7. The minimum atomic E-state index is 0.308. The Morgan fingerprint density at radius 1 is 1.38 bits per heavy atom. The van der Waals surface area contributed by atoms with Crippen LogP contribution in [0.25, 0.3) is 0 Å². The van der Waals surface area contributed by atoms with E-state index in [0.717, 1.165) is 29.7 Å². The third kappa shape index (κ3) is 4.07. The first kappa shape index (κ1) is 17.0. The highest BCUT2D eigenvalue weighted by atomic mass is 127. The Morgan fingerprint density at radius 3 is 2.76 bits per heavy atom. The van der Waals surface area contributed by atoms with Gasteiger partial charge in [0.05, 0.1) is 15.9 Å². The highest BCUT2D eigenvalue weighted by molar-refractivity contribution is 14.1. The molecule has 0 fully saturated rings. The van der Waals surface area contributed by atoms with E-state index < -0.39 is 0 Å². The molecule has 5 heteroatoms. The molecular formula is C16H21BrIN3. The standard InChI is InChI=1S/C16H21BrIN3/c1-4-19-14(12-7-6-8-13(18)9-12)10-15-16(17)11(3)20-21(15)5-2/h6-9,14,19H,4-5,10H2,1-3H3. The van der Waals surface area contributed by atoms with Crippen LogP contribution < -0.4 is 5.32 Å². The predicted octanol–water partition coefficient (Wildman–Crippen LogP) is 4.47. The summed E-state index contributed by atoms with van der Waals surface area (Å²) in [6.07, 6.45) is 0.934. The van der Waals surface area contributed by atoms with E-state index in [1.807, 2.05) is 6.92 Å². The van der Waals surface area contributed by atoms with Crippen LogP contribution in [0.1, 0.15) is 36.8 Å². The van der Waals surface area contributed by atoms with Gasteiger partial charge in [0, 0.05) is 22.6 Å². The van der Waals surface area contributed by atoms with Crippen molar-refractivity contribution >= 4 is 38.5 Å². The van der Waals surface area contributed by atoms with Crippen molar-refractivity contribution in [2.75, 3.05) is 6.54 Å². The minimum Gasteiger partial charge on any atom is -0.310 e. The number of rotatable bonds is 6. The third-order valence-corrected chi connectivity index (χ3v) is 5.25. The Kier molecular flexibility index (Phi) is 6.25. The van der Waals surface area contributed by atoms with Gasteiger partial charge in [0.15, 0.2) is 0 Å². The van der Waals surface area contributed by atoms with E-state index in [1.165, 1.54) is 14.8 Å². The molecule has 1 heterocycles. The van der Waals surface area contributed by atoms with E-state index >= 15 is 0 Å². The van der Waals surface area contributed by atoms with Gasteiger partial charge in [-0.25, -0.2) is 0 Å². The molecule has 2 aromatic rings. The number of benzene rings is 1. The molecule has 1 unspecified atom stereocenters. The molecule has 0 amide bonds. The van der Waals surface area contributed by atoms with E-state index in [2.05, 4.69) is 91.7 Å². The second kappa shape index (κ2) is 7.74. The third-order valence-electron chi connectivity index (χ3n) is 3.55. The molecule has 0 spiro atoms. The van der Waals surface area contributed by atoms with Crippen molar-refractivity contribution in [2.24, 2.45) is 0 Å². The van der Waals surface area contributed by atoms with E-state index in [1.54, 1.807) is 0 Å². The van der Waals surface area contributed by atoms with Crippen LogP contribution in [0.15, 0.2) is 28.7 Å². The van der Waals surface area contributed by atoms with Crippen LogP contribution in [0.2, 0.25) is 0 Å². The Bertz CT molecular complexity index is 610. The Hall–Kier alpha value is -0.400. The lowest BCUT2D eigenvalue weighted by Gasteiger charge is -2.19. The van der Waals surface area contributed by atoms with E-state index in [0.29, 0.717) is 6.04 Å². The van der Waals surface area contributed by atoms with Gasteiger partial charge >= 0.3 is 0 Å². The summed E-state index contributed by atoms with van der Waals surface area (Å²) in [4.78, 5) is 0. The summed E-state index contributed by atoms with van der Waals surface area (Å²) < 4.78 is 4.50. The Morgan fingerprint density at radius 2 is 2.14 bits per heavy atom. The molecule has 1 aromatic carbocycles. The minimum absolute atomic E-state index is 0.308. The van der Waals surface area contributed by atoms with Crippen LogP contribution in [0.3, 0.4) is 0 Å². The molecule has 0 bridgehead atoms. The fraction of sp³-hybridized carbons (Fsp3) is 0.438. The monoisotopic (exact) mass is 461 g/mol. The van der Waals surface area contributed by atoms with E-state index in [-0.39, 0.29) is 0 Å². The summed E-state index contributed by atoms with van der Waals surface area (Å²) in [6.45, 7) is 8.18. The molecule has 21 heavy (non-hydrogen) atoms. The van der Waals surface area contributed by atoms with Gasteiger partial charge < -0.3 is 5.32 Å².